The molecule has 0 aliphatic rings. The Kier molecular flexibility index (Phi) is 71.7. The Morgan fingerprint density at radius 2 is 0.779 bits per heavy atom. The van der Waals surface area contributed by atoms with Gasteiger partial charge in [0.25, 0.3) is 0 Å². The molecule has 0 saturated carbocycles. The summed E-state index contributed by atoms with van der Waals surface area (Å²) in [5.74, 6) is -0.252. The van der Waals surface area contributed by atoms with Crippen LogP contribution in [0.2, 0.25) is 0 Å². The van der Waals surface area contributed by atoms with Gasteiger partial charge in [0.1, 0.15) is 19.8 Å². The van der Waals surface area contributed by atoms with E-state index in [-0.39, 0.29) is 44.0 Å². The summed E-state index contributed by atoms with van der Waals surface area (Å²) in [7, 11) is -3.88. The number of esters is 2. The third-order valence-corrected chi connectivity index (χ3v) is 14.6. The van der Waals surface area contributed by atoms with Crippen LogP contribution in [0.1, 0.15) is 278 Å². The molecule has 0 saturated heterocycles. The molecule has 0 bridgehead atoms. The zero-order valence-electron chi connectivity index (χ0n) is 50.7. The molecule has 0 aromatic carbocycles. The van der Waals surface area contributed by atoms with E-state index in [0.717, 1.165) is 77.2 Å². The van der Waals surface area contributed by atoms with Gasteiger partial charge in [0, 0.05) is 58.4 Å². The topological polar surface area (TPSA) is 233 Å². The number of rotatable bonds is 60. The Labute approximate surface area is 473 Å². The van der Waals surface area contributed by atoms with Crippen LogP contribution in [-0.2, 0) is 47.1 Å². The third-order valence-electron chi connectivity index (χ3n) is 13.2. The fraction of sp³-hybridized carbons (Fsp3) is 0.967. The highest BCUT2D eigenvalue weighted by Gasteiger charge is 2.16. The summed E-state index contributed by atoms with van der Waals surface area (Å²) in [6.45, 7) is 13.4. The van der Waals surface area contributed by atoms with Crippen molar-refractivity contribution in [1.29, 1.82) is 0 Å². The van der Waals surface area contributed by atoms with E-state index in [1.807, 2.05) is 13.8 Å². The van der Waals surface area contributed by atoms with Crippen LogP contribution in [0.5, 0.6) is 0 Å². The summed E-state index contributed by atoms with van der Waals surface area (Å²) < 4.78 is 50.4. The largest absolute Gasteiger partial charge is 0.778 e. The van der Waals surface area contributed by atoms with Crippen molar-refractivity contribution in [1.82, 2.24) is 0 Å². The van der Waals surface area contributed by atoms with E-state index >= 15 is 0 Å². The van der Waals surface area contributed by atoms with Crippen LogP contribution in [0, 0.1) is 0 Å². The predicted octanol–water partition coefficient (Wildman–Crippen LogP) is 12.9. The third kappa shape index (κ3) is 70.8. The van der Waals surface area contributed by atoms with Crippen molar-refractivity contribution in [2.24, 2.45) is 5.73 Å². The van der Waals surface area contributed by atoms with Crippen LogP contribution in [0.15, 0.2) is 0 Å². The van der Waals surface area contributed by atoms with Crippen LogP contribution in [-0.4, -0.2) is 126 Å². The highest BCUT2D eigenvalue weighted by atomic mass is 31.2. The molecule has 0 rings (SSSR count). The fourth-order valence-electron chi connectivity index (χ4n) is 8.51. The van der Waals surface area contributed by atoms with Gasteiger partial charge < -0.3 is 64.1 Å². The lowest BCUT2D eigenvalue weighted by Crippen LogP contribution is -2.50. The highest BCUT2D eigenvalue weighted by molar-refractivity contribution is 7.51. The zero-order valence-corrected chi connectivity index (χ0v) is 51.6. The van der Waals surface area contributed by atoms with E-state index in [4.69, 9.17) is 43.8 Å². The minimum absolute atomic E-state index is 0.00159. The summed E-state index contributed by atoms with van der Waals surface area (Å²) in [6.07, 6.45) is 45.7. The van der Waals surface area contributed by atoms with Gasteiger partial charge in [-0.25, -0.2) is 0 Å². The number of nitrogens with two attached hydrogens (primary N) is 1. The van der Waals surface area contributed by atoms with Crippen molar-refractivity contribution in [3.05, 3.63) is 0 Å². The second kappa shape index (κ2) is 69.0. The van der Waals surface area contributed by atoms with Gasteiger partial charge >= 0.3 is 11.9 Å². The van der Waals surface area contributed by atoms with Crippen molar-refractivity contribution in [2.75, 3.05) is 91.9 Å². The first-order valence-corrected chi connectivity index (χ1v) is 33.7. The molecule has 15 nitrogen and oxygen atoms in total. The molecule has 3 unspecified atom stereocenters. The molecule has 0 aromatic heterocycles. The van der Waals surface area contributed by atoms with E-state index < -0.39 is 13.7 Å². The number of quaternary nitrogens is 1. The summed E-state index contributed by atoms with van der Waals surface area (Å²) in [4.78, 5) is 34.8. The van der Waals surface area contributed by atoms with E-state index in [1.54, 1.807) is 0 Å². The first kappa shape index (κ1) is 80.0. The summed E-state index contributed by atoms with van der Waals surface area (Å²) in [5, 5.41) is 17.2. The average molecular weight is 1130 g/mol. The number of hydrogen-bond donors (Lipinski definition) is 4. The molecule has 0 spiro atoms. The molecule has 0 aliphatic heterocycles. The lowest BCUT2D eigenvalue weighted by molar-refractivity contribution is -0.367. The second-order valence-electron chi connectivity index (χ2n) is 20.8. The van der Waals surface area contributed by atoms with E-state index in [0.29, 0.717) is 78.6 Å². The van der Waals surface area contributed by atoms with Crippen molar-refractivity contribution in [3.8, 4) is 0 Å². The van der Waals surface area contributed by atoms with Crippen LogP contribution < -0.4 is 16.4 Å². The van der Waals surface area contributed by atoms with Gasteiger partial charge in [0.15, 0.2) is 0 Å². The molecule has 464 valence electrons. The minimum Gasteiger partial charge on any atom is -0.778 e. The van der Waals surface area contributed by atoms with Crippen molar-refractivity contribution >= 4 is 19.5 Å². The molecule has 0 heterocycles. The minimum atomic E-state index is -3.88. The molecule has 0 aromatic rings. The molecule has 0 amide bonds. The standard InChI is InChI=1S/C31H64NO7P.C28H56O5.C2H7NO/c1-3-5-6-7-8-9-10-11-12-13-14-15-17-20-25-36-28-30(29-39-40(34,35)27-22-24-32)38-26-21-18-16-19-23-31(33)37-4-2;1-3-5-6-7-8-9-10-11-12-13-14-15-17-20-23-31-26-27(25-29)33-24-21-18-16-19-22-28(30)32-4-2;3-1-2-4/h30H,3-29,32H2,1-2H3,(H,34,35);27,29H,3-26H2,1-2H3;4H,1-3H2. The molecule has 16 heteroatoms. The van der Waals surface area contributed by atoms with E-state index in [9.17, 15) is 24.2 Å². The lowest BCUT2D eigenvalue weighted by Gasteiger charge is -2.26. The summed E-state index contributed by atoms with van der Waals surface area (Å²) >= 11 is 0. The highest BCUT2D eigenvalue weighted by Crippen LogP contribution is 2.37. The lowest BCUT2D eigenvalue weighted by atomic mass is 10.0. The first-order valence-electron chi connectivity index (χ1n) is 32.0. The maximum atomic E-state index is 12.1. The maximum Gasteiger partial charge on any atom is 0.305 e. The Hall–Kier alpha value is -1.23. The predicted molar refractivity (Wildman–Crippen MR) is 315 cm³/mol. The fourth-order valence-corrected chi connectivity index (χ4v) is 9.64. The second-order valence-corrected chi connectivity index (χ2v) is 22.7. The molecule has 77 heavy (non-hydrogen) atoms. The zero-order chi connectivity index (χ0) is 57.2. The quantitative estimate of drug-likeness (QED) is 0.0252. The van der Waals surface area contributed by atoms with Crippen molar-refractivity contribution in [3.63, 3.8) is 0 Å². The molecule has 7 N–H and O–H groups in total. The van der Waals surface area contributed by atoms with Gasteiger partial charge in [-0.05, 0) is 52.4 Å². The SMILES string of the molecule is CCCCCCCCCCCCCCCCOCC(CO)OCCCCCCC(=O)OCC.CCCCCCCCCCCCCCCCOCC(COP(=O)([O-])CCC[NH3+])OCCCCCCC(=O)OCC.NCCO. The van der Waals surface area contributed by atoms with Crippen LogP contribution in [0.3, 0.4) is 0 Å². The monoisotopic (exact) mass is 1130 g/mol. The number of carbonyl (C=O) groups excluding carboxylic acids is 2. The Morgan fingerprint density at radius 1 is 0.468 bits per heavy atom. The number of hydrogen-bond acceptors (Lipinski definition) is 14. The normalized spacial score (nSPS) is 12.8. The van der Waals surface area contributed by atoms with Crippen LogP contribution >= 0.6 is 7.60 Å². The van der Waals surface area contributed by atoms with Gasteiger partial charge in [-0.3, -0.25) is 9.59 Å². The Morgan fingerprint density at radius 3 is 1.10 bits per heavy atom. The smallest absolute Gasteiger partial charge is 0.305 e. The molecular weight excluding hydrogens is 1000 g/mol. The van der Waals surface area contributed by atoms with Gasteiger partial charge in [-0.15, -0.1) is 0 Å². The first-order chi connectivity index (χ1) is 37.6. The number of aliphatic hydroxyl groups excluding tert-OH is 2. The molecule has 0 fully saturated rings. The number of carbonyl (C=O) groups is 2. The summed E-state index contributed by atoms with van der Waals surface area (Å²) in [6, 6.07) is 0. The van der Waals surface area contributed by atoms with Gasteiger partial charge in [0.05, 0.1) is 52.8 Å². The van der Waals surface area contributed by atoms with Gasteiger partial charge in [-0.1, -0.05) is 206 Å². The van der Waals surface area contributed by atoms with Gasteiger partial charge in [0.2, 0.25) is 0 Å². The molecular formula is C61H127N2O13P. The number of aliphatic hydroxyl groups is 2. The van der Waals surface area contributed by atoms with Gasteiger partial charge in [-0.2, -0.15) is 0 Å². The Bertz CT molecular complexity index is 1190. The van der Waals surface area contributed by atoms with Crippen molar-refractivity contribution in [2.45, 2.75) is 290 Å². The number of ether oxygens (including phenoxy) is 6. The maximum absolute atomic E-state index is 12.1. The molecule has 0 aliphatic carbocycles. The van der Waals surface area contributed by atoms with Crippen LogP contribution in [0.25, 0.3) is 0 Å². The van der Waals surface area contributed by atoms with Crippen LogP contribution in [0.4, 0.5) is 0 Å². The Balaban J connectivity index is -0.00000135. The molecule has 0 radical (unpaired) electrons. The summed E-state index contributed by atoms with van der Waals surface area (Å²) in [5.41, 5.74) is 8.47. The van der Waals surface area contributed by atoms with Crippen molar-refractivity contribution < 1.29 is 67.9 Å². The number of unbranched alkanes of at least 4 members (excludes halogenated alkanes) is 32. The van der Waals surface area contributed by atoms with E-state index in [2.05, 4.69) is 19.6 Å². The average Bonchev–Trinajstić information content (AvgIpc) is 3.42. The van der Waals surface area contributed by atoms with E-state index in [1.165, 1.54) is 161 Å². The molecule has 3 atom stereocenters.